The lowest BCUT2D eigenvalue weighted by Crippen LogP contribution is -2.19. The van der Waals surface area contributed by atoms with Crippen LogP contribution >= 0.6 is 58.0 Å². The van der Waals surface area contributed by atoms with Gasteiger partial charge in [-0.1, -0.05) is 34.8 Å². The van der Waals surface area contributed by atoms with Gasteiger partial charge in [0.05, 0.1) is 27.8 Å². The predicted octanol–water partition coefficient (Wildman–Crippen LogP) is 8.58. The normalized spacial score (nSPS) is 18.3. The van der Waals surface area contributed by atoms with Crippen molar-refractivity contribution in [1.29, 1.82) is 0 Å². The van der Waals surface area contributed by atoms with Gasteiger partial charge in [-0.3, -0.25) is 9.59 Å². The number of hydrogen-bond acceptors (Lipinski definition) is 2. The summed E-state index contributed by atoms with van der Waals surface area (Å²) >= 11 is 30.8. The zero-order valence-electron chi connectivity index (χ0n) is 18.1. The molecule has 194 valence electrons. The number of halogens is 9. The third-order valence-corrected chi connectivity index (χ3v) is 7.30. The summed E-state index contributed by atoms with van der Waals surface area (Å²) in [5.41, 5.74) is -1.62. The molecule has 3 aromatic carbocycles. The number of rotatable bonds is 5. The molecule has 13 heteroatoms. The minimum absolute atomic E-state index is 0.104. The molecule has 0 unspecified atom stereocenters. The maximum atomic E-state index is 13.4. The molecule has 0 aromatic heterocycles. The average Bonchev–Trinajstić information content (AvgIpc) is 3.37. The van der Waals surface area contributed by atoms with Crippen LogP contribution in [0.5, 0.6) is 0 Å². The minimum Gasteiger partial charge on any atom is -0.326 e. The Morgan fingerprint density at radius 1 is 0.865 bits per heavy atom. The Bertz CT molecular complexity index is 1390. The largest absolute Gasteiger partial charge is 0.418 e. The molecule has 1 aliphatic rings. The van der Waals surface area contributed by atoms with E-state index in [4.69, 9.17) is 58.0 Å². The van der Waals surface area contributed by atoms with Crippen LogP contribution in [0.25, 0.3) is 0 Å². The minimum atomic E-state index is -4.92. The molecule has 1 aliphatic carbocycles. The first-order valence-corrected chi connectivity index (χ1v) is 12.2. The molecule has 0 bridgehead atoms. The van der Waals surface area contributed by atoms with Crippen LogP contribution in [0.3, 0.4) is 0 Å². The van der Waals surface area contributed by atoms with Crippen LogP contribution in [-0.2, 0) is 11.0 Å². The molecule has 3 aromatic rings. The van der Waals surface area contributed by atoms with Crippen LogP contribution in [0.4, 0.5) is 28.9 Å². The summed E-state index contributed by atoms with van der Waals surface area (Å²) in [6, 6.07) is 10.3. The maximum Gasteiger partial charge on any atom is 0.418 e. The molecule has 2 amide bonds. The summed E-state index contributed by atoms with van der Waals surface area (Å²) in [7, 11) is 0. The van der Waals surface area contributed by atoms with Crippen LogP contribution in [0.15, 0.2) is 54.6 Å². The van der Waals surface area contributed by atoms with E-state index in [2.05, 4.69) is 10.6 Å². The molecule has 0 heterocycles. The van der Waals surface area contributed by atoms with E-state index in [1.54, 1.807) is 12.1 Å². The Hall–Kier alpha value is -2.23. The molecule has 37 heavy (non-hydrogen) atoms. The molecule has 4 nitrogen and oxygen atoms in total. The lowest BCUT2D eigenvalue weighted by atomic mass is 10.1. The van der Waals surface area contributed by atoms with Gasteiger partial charge in [0.1, 0.15) is 10.2 Å². The number of nitrogens with one attached hydrogen (secondary N) is 2. The number of amides is 2. The monoisotopic (exact) mass is 612 g/mol. The standard InChI is InChI=1S/C24H13Cl5F4N2O2/c25-11-5-10(6-12(26)7-11)19-20(23(19,28)29)22(37)34-14-2-3-17(27)15(9-14)21(36)35-18-4-1-13(30)8-16(18)24(31,32)33/h1-9,19-20H,(H,34,37)(H,35,36)/t19-,20+/m1/s1. The van der Waals surface area contributed by atoms with Crippen molar-refractivity contribution in [2.24, 2.45) is 5.92 Å². The quantitative estimate of drug-likeness (QED) is 0.223. The molecule has 1 fully saturated rings. The van der Waals surface area contributed by atoms with Crippen LogP contribution in [0, 0.1) is 11.7 Å². The zero-order chi connectivity index (χ0) is 27.3. The summed E-state index contributed by atoms with van der Waals surface area (Å²) < 4.78 is 51.8. The highest BCUT2D eigenvalue weighted by Crippen LogP contribution is 2.65. The number of benzene rings is 3. The second kappa shape index (κ2) is 10.2. The van der Waals surface area contributed by atoms with Crippen LogP contribution in [-0.4, -0.2) is 16.1 Å². The Kier molecular flexibility index (Phi) is 7.63. The summed E-state index contributed by atoms with van der Waals surface area (Å²) in [5, 5.41) is 5.22. The molecule has 0 saturated heterocycles. The van der Waals surface area contributed by atoms with E-state index in [9.17, 15) is 27.2 Å². The van der Waals surface area contributed by atoms with Gasteiger partial charge >= 0.3 is 6.18 Å². The van der Waals surface area contributed by atoms with Crippen LogP contribution in [0.2, 0.25) is 15.1 Å². The first-order valence-electron chi connectivity index (χ1n) is 10.3. The second-order valence-electron chi connectivity index (χ2n) is 8.16. The molecule has 2 N–H and O–H groups in total. The van der Waals surface area contributed by atoms with Crippen LogP contribution in [0.1, 0.15) is 27.4 Å². The van der Waals surface area contributed by atoms with E-state index < -0.39 is 51.2 Å². The van der Waals surface area contributed by atoms with Crippen molar-refractivity contribution in [3.8, 4) is 0 Å². The van der Waals surface area contributed by atoms with E-state index in [-0.39, 0.29) is 22.3 Å². The van der Waals surface area contributed by atoms with Crippen molar-refractivity contribution in [3.63, 3.8) is 0 Å². The number of alkyl halides is 5. The summed E-state index contributed by atoms with van der Waals surface area (Å²) in [4.78, 5) is 25.7. The maximum absolute atomic E-state index is 13.4. The lowest BCUT2D eigenvalue weighted by molar-refractivity contribution is -0.137. The molecular formula is C24H13Cl5F4N2O2. The fourth-order valence-electron chi connectivity index (χ4n) is 3.87. The molecule has 4 rings (SSSR count). The first kappa shape index (κ1) is 27.8. The Balaban J connectivity index is 1.54. The highest BCUT2D eigenvalue weighted by molar-refractivity contribution is 6.53. The second-order valence-corrected chi connectivity index (χ2v) is 10.9. The molecule has 0 aliphatic heterocycles. The number of carbonyl (C=O) groups excluding carboxylic acids is 2. The van der Waals surface area contributed by atoms with Gasteiger partial charge < -0.3 is 10.6 Å². The van der Waals surface area contributed by atoms with Crippen molar-refractivity contribution in [3.05, 3.63) is 92.2 Å². The van der Waals surface area contributed by atoms with E-state index >= 15 is 0 Å². The average molecular weight is 615 g/mol. The number of carbonyl (C=O) groups is 2. The van der Waals surface area contributed by atoms with Gasteiger partial charge in [-0.15, -0.1) is 23.2 Å². The van der Waals surface area contributed by atoms with E-state index in [1.165, 1.54) is 24.3 Å². The summed E-state index contributed by atoms with van der Waals surface area (Å²) in [6.45, 7) is 0. The summed E-state index contributed by atoms with van der Waals surface area (Å²) in [5.74, 6) is -4.24. The van der Waals surface area contributed by atoms with Gasteiger partial charge in [0, 0.05) is 21.7 Å². The van der Waals surface area contributed by atoms with Crippen molar-refractivity contribution in [1.82, 2.24) is 0 Å². The van der Waals surface area contributed by atoms with E-state index in [0.29, 0.717) is 15.6 Å². The Morgan fingerprint density at radius 2 is 1.51 bits per heavy atom. The lowest BCUT2D eigenvalue weighted by Gasteiger charge is -2.15. The molecule has 2 atom stereocenters. The fourth-order valence-corrected chi connectivity index (χ4v) is 5.44. The third kappa shape index (κ3) is 5.94. The van der Waals surface area contributed by atoms with Gasteiger partial charge in [0.2, 0.25) is 5.91 Å². The number of hydrogen-bond donors (Lipinski definition) is 2. The van der Waals surface area contributed by atoms with E-state index in [1.807, 2.05) is 0 Å². The molecule has 0 radical (unpaired) electrons. The molecular weight excluding hydrogens is 602 g/mol. The smallest absolute Gasteiger partial charge is 0.326 e. The Labute approximate surface area is 232 Å². The van der Waals surface area contributed by atoms with Gasteiger partial charge in [-0.25, -0.2) is 4.39 Å². The predicted molar refractivity (Wildman–Crippen MR) is 137 cm³/mol. The molecule has 1 saturated carbocycles. The summed E-state index contributed by atoms with van der Waals surface area (Å²) in [6.07, 6.45) is -4.92. The van der Waals surface area contributed by atoms with Gasteiger partial charge in [-0.2, -0.15) is 13.2 Å². The topological polar surface area (TPSA) is 58.2 Å². The highest BCUT2D eigenvalue weighted by Gasteiger charge is 2.67. The van der Waals surface area contributed by atoms with E-state index in [0.717, 1.165) is 12.1 Å². The third-order valence-electron chi connectivity index (χ3n) is 5.59. The highest BCUT2D eigenvalue weighted by atomic mass is 35.5. The SMILES string of the molecule is O=C(Nc1ccc(F)cc1C(F)(F)F)c1cc(NC(=O)[C@@H]2[C@@H](c3cc(Cl)cc(Cl)c3)C2(Cl)Cl)ccc1Cl. The number of anilines is 2. The zero-order valence-corrected chi connectivity index (χ0v) is 21.8. The van der Waals surface area contributed by atoms with Crippen molar-refractivity contribution < 1.29 is 27.2 Å². The van der Waals surface area contributed by atoms with Gasteiger partial charge in [0.15, 0.2) is 0 Å². The first-order chi connectivity index (χ1) is 17.2. The van der Waals surface area contributed by atoms with Crippen LogP contribution < -0.4 is 10.6 Å². The Morgan fingerprint density at radius 3 is 2.14 bits per heavy atom. The van der Waals surface area contributed by atoms with Gasteiger partial charge in [0.25, 0.3) is 5.91 Å². The van der Waals surface area contributed by atoms with Gasteiger partial charge in [-0.05, 0) is 60.2 Å². The fraction of sp³-hybridized carbons (Fsp3) is 0.167. The van der Waals surface area contributed by atoms with Crippen molar-refractivity contribution >= 4 is 81.2 Å². The molecule has 0 spiro atoms. The van der Waals surface area contributed by atoms with Crippen molar-refractivity contribution in [2.45, 2.75) is 16.4 Å². The van der Waals surface area contributed by atoms with Crippen molar-refractivity contribution in [2.75, 3.05) is 10.6 Å².